The molecule has 0 unspecified atom stereocenters. The Morgan fingerprint density at radius 1 is 0.950 bits per heavy atom. The van der Waals surface area contributed by atoms with E-state index in [9.17, 15) is 9.59 Å². The number of anilines is 1. The number of nitrogens with one attached hydrogen (secondary N) is 1. The highest BCUT2D eigenvalue weighted by atomic mass is 16.5. The van der Waals surface area contributed by atoms with Crippen LogP contribution in [0.1, 0.15) is 27.6 Å². The molecule has 0 spiro atoms. The van der Waals surface area contributed by atoms with Gasteiger partial charge in [0.05, 0.1) is 18.4 Å². The van der Waals surface area contributed by atoms with Gasteiger partial charge in [-0.15, -0.1) is 0 Å². The number of carbonyl (C=O) groups excluding carboxylic acids is 2. The SMILES string of the molecule is COc1ccccc1C(=O)Nc1ccccc1C(C)=O. The Balaban J connectivity index is 2.31. The van der Waals surface area contributed by atoms with Crippen molar-refractivity contribution in [2.24, 2.45) is 0 Å². The van der Waals surface area contributed by atoms with Crippen LogP contribution in [0.25, 0.3) is 0 Å². The van der Waals surface area contributed by atoms with Crippen LogP contribution in [0.3, 0.4) is 0 Å². The minimum Gasteiger partial charge on any atom is -0.496 e. The molecule has 102 valence electrons. The van der Waals surface area contributed by atoms with Gasteiger partial charge in [-0.05, 0) is 31.2 Å². The number of Topliss-reactive ketones (excluding diaryl/α,β-unsaturated/α-hetero) is 1. The third-order valence-electron chi connectivity index (χ3n) is 2.91. The van der Waals surface area contributed by atoms with Gasteiger partial charge in [0, 0.05) is 5.56 Å². The summed E-state index contributed by atoms with van der Waals surface area (Å²) >= 11 is 0. The van der Waals surface area contributed by atoms with Crippen LogP contribution in [0.15, 0.2) is 48.5 Å². The summed E-state index contributed by atoms with van der Waals surface area (Å²) < 4.78 is 5.15. The number of ether oxygens (including phenoxy) is 1. The van der Waals surface area contributed by atoms with Gasteiger partial charge < -0.3 is 10.1 Å². The lowest BCUT2D eigenvalue weighted by Crippen LogP contribution is -2.15. The monoisotopic (exact) mass is 269 g/mol. The van der Waals surface area contributed by atoms with Gasteiger partial charge in [0.15, 0.2) is 5.78 Å². The fourth-order valence-electron chi connectivity index (χ4n) is 1.92. The van der Waals surface area contributed by atoms with Crippen molar-refractivity contribution < 1.29 is 14.3 Å². The molecule has 0 aliphatic rings. The fraction of sp³-hybridized carbons (Fsp3) is 0.125. The summed E-state index contributed by atoms with van der Waals surface area (Å²) in [5.74, 6) is 0.0855. The maximum Gasteiger partial charge on any atom is 0.259 e. The molecule has 2 aromatic carbocycles. The molecular formula is C16H15NO3. The Hall–Kier alpha value is -2.62. The Labute approximate surface area is 117 Å². The largest absolute Gasteiger partial charge is 0.496 e. The summed E-state index contributed by atoms with van der Waals surface area (Å²) in [6, 6.07) is 13.8. The van der Waals surface area contributed by atoms with Crippen LogP contribution < -0.4 is 10.1 Å². The van der Waals surface area contributed by atoms with Crippen molar-refractivity contribution >= 4 is 17.4 Å². The lowest BCUT2D eigenvalue weighted by molar-refractivity contribution is 0.101. The lowest BCUT2D eigenvalue weighted by Gasteiger charge is -2.11. The Morgan fingerprint density at radius 2 is 1.55 bits per heavy atom. The number of ketones is 1. The highest BCUT2D eigenvalue weighted by Gasteiger charge is 2.14. The van der Waals surface area contributed by atoms with E-state index in [1.54, 1.807) is 48.5 Å². The number of methoxy groups -OCH3 is 1. The number of para-hydroxylation sites is 2. The van der Waals surface area contributed by atoms with Crippen molar-refractivity contribution in [1.82, 2.24) is 0 Å². The zero-order valence-corrected chi connectivity index (χ0v) is 11.3. The van der Waals surface area contributed by atoms with Crippen molar-refractivity contribution in [3.8, 4) is 5.75 Å². The molecule has 0 aromatic heterocycles. The van der Waals surface area contributed by atoms with Gasteiger partial charge in [0.2, 0.25) is 0 Å². The van der Waals surface area contributed by atoms with Crippen LogP contribution in [-0.4, -0.2) is 18.8 Å². The third-order valence-corrected chi connectivity index (χ3v) is 2.91. The molecule has 0 heterocycles. The van der Waals surface area contributed by atoms with Crippen molar-refractivity contribution in [1.29, 1.82) is 0 Å². The van der Waals surface area contributed by atoms with E-state index in [1.807, 2.05) is 0 Å². The molecule has 0 radical (unpaired) electrons. The van der Waals surface area contributed by atoms with Gasteiger partial charge in [0.1, 0.15) is 5.75 Å². The maximum absolute atomic E-state index is 12.3. The molecule has 0 aliphatic carbocycles. The minimum atomic E-state index is -0.309. The zero-order valence-electron chi connectivity index (χ0n) is 11.3. The minimum absolute atomic E-state index is 0.0964. The van der Waals surface area contributed by atoms with E-state index in [-0.39, 0.29) is 11.7 Å². The highest BCUT2D eigenvalue weighted by Crippen LogP contribution is 2.21. The first-order valence-corrected chi connectivity index (χ1v) is 6.18. The van der Waals surface area contributed by atoms with E-state index < -0.39 is 0 Å². The average Bonchev–Trinajstić information content (AvgIpc) is 2.47. The second kappa shape index (κ2) is 6.02. The van der Waals surface area contributed by atoms with E-state index in [2.05, 4.69) is 5.32 Å². The first kappa shape index (κ1) is 13.8. The Kier molecular flexibility index (Phi) is 4.15. The van der Waals surface area contributed by atoms with Crippen molar-refractivity contribution in [3.05, 3.63) is 59.7 Å². The fourth-order valence-corrected chi connectivity index (χ4v) is 1.92. The first-order chi connectivity index (χ1) is 9.63. The van der Waals surface area contributed by atoms with Gasteiger partial charge in [-0.3, -0.25) is 9.59 Å². The molecule has 4 heteroatoms. The third kappa shape index (κ3) is 2.85. The van der Waals surface area contributed by atoms with Crippen LogP contribution >= 0.6 is 0 Å². The van der Waals surface area contributed by atoms with Gasteiger partial charge in [-0.25, -0.2) is 0 Å². The topological polar surface area (TPSA) is 55.4 Å². The van der Waals surface area contributed by atoms with Gasteiger partial charge in [0.25, 0.3) is 5.91 Å². The van der Waals surface area contributed by atoms with Crippen molar-refractivity contribution in [2.75, 3.05) is 12.4 Å². The maximum atomic E-state index is 12.3. The van der Waals surface area contributed by atoms with E-state index in [0.717, 1.165) is 0 Å². The molecule has 0 saturated carbocycles. The molecule has 1 amide bonds. The summed E-state index contributed by atoms with van der Waals surface area (Å²) in [5, 5.41) is 2.74. The van der Waals surface area contributed by atoms with Crippen LogP contribution in [0.4, 0.5) is 5.69 Å². The first-order valence-electron chi connectivity index (χ1n) is 6.18. The number of rotatable bonds is 4. The van der Waals surface area contributed by atoms with E-state index >= 15 is 0 Å². The molecule has 2 rings (SSSR count). The second-order valence-electron chi connectivity index (χ2n) is 4.26. The van der Waals surface area contributed by atoms with Crippen molar-refractivity contribution in [2.45, 2.75) is 6.92 Å². The number of hydrogen-bond donors (Lipinski definition) is 1. The molecule has 0 atom stereocenters. The predicted molar refractivity (Wildman–Crippen MR) is 77.4 cm³/mol. The van der Waals surface area contributed by atoms with Crippen molar-refractivity contribution in [3.63, 3.8) is 0 Å². The van der Waals surface area contributed by atoms with Crippen LogP contribution in [0, 0.1) is 0 Å². The second-order valence-corrected chi connectivity index (χ2v) is 4.26. The number of amides is 1. The van der Waals surface area contributed by atoms with Crippen LogP contribution in [-0.2, 0) is 0 Å². The number of benzene rings is 2. The van der Waals surface area contributed by atoms with E-state index in [4.69, 9.17) is 4.74 Å². The highest BCUT2D eigenvalue weighted by molar-refractivity contribution is 6.10. The predicted octanol–water partition coefficient (Wildman–Crippen LogP) is 3.15. The van der Waals surface area contributed by atoms with Gasteiger partial charge in [-0.2, -0.15) is 0 Å². The summed E-state index contributed by atoms with van der Waals surface area (Å²) in [7, 11) is 1.51. The van der Waals surface area contributed by atoms with Crippen LogP contribution in [0.2, 0.25) is 0 Å². The summed E-state index contributed by atoms with van der Waals surface area (Å²) in [4.78, 5) is 23.8. The lowest BCUT2D eigenvalue weighted by atomic mass is 10.1. The molecule has 4 nitrogen and oxygen atoms in total. The number of hydrogen-bond acceptors (Lipinski definition) is 3. The zero-order chi connectivity index (χ0) is 14.5. The summed E-state index contributed by atoms with van der Waals surface area (Å²) in [5.41, 5.74) is 1.40. The molecular weight excluding hydrogens is 254 g/mol. The Bertz CT molecular complexity index is 650. The van der Waals surface area contributed by atoms with E-state index in [1.165, 1.54) is 14.0 Å². The smallest absolute Gasteiger partial charge is 0.259 e. The molecule has 2 aromatic rings. The normalized spacial score (nSPS) is 9.90. The van der Waals surface area contributed by atoms with E-state index in [0.29, 0.717) is 22.6 Å². The van der Waals surface area contributed by atoms with Crippen LogP contribution in [0.5, 0.6) is 5.75 Å². The van der Waals surface area contributed by atoms with Gasteiger partial charge >= 0.3 is 0 Å². The van der Waals surface area contributed by atoms with Gasteiger partial charge in [-0.1, -0.05) is 24.3 Å². The standard InChI is InChI=1S/C16H15NO3/c1-11(18)12-7-3-5-9-14(12)17-16(19)13-8-4-6-10-15(13)20-2/h3-10H,1-2H3,(H,17,19). The molecule has 1 N–H and O–H groups in total. The summed E-state index contributed by atoms with van der Waals surface area (Å²) in [6.45, 7) is 1.47. The molecule has 0 bridgehead atoms. The molecule has 20 heavy (non-hydrogen) atoms. The molecule has 0 fully saturated rings. The summed E-state index contributed by atoms with van der Waals surface area (Å²) in [6.07, 6.45) is 0. The number of carbonyl (C=O) groups is 2. The average molecular weight is 269 g/mol. The quantitative estimate of drug-likeness (QED) is 0.867. The molecule has 0 saturated heterocycles. The Morgan fingerprint density at radius 3 is 2.20 bits per heavy atom. The molecule has 0 aliphatic heterocycles.